The predicted octanol–water partition coefficient (Wildman–Crippen LogP) is 8.24. The van der Waals surface area contributed by atoms with Gasteiger partial charge in [0.2, 0.25) is 8.41 Å². The van der Waals surface area contributed by atoms with Gasteiger partial charge in [0.1, 0.15) is 5.75 Å². The van der Waals surface area contributed by atoms with Gasteiger partial charge in [0.05, 0.1) is 29.6 Å². The minimum atomic E-state index is -3.28. The van der Waals surface area contributed by atoms with Crippen LogP contribution in [-0.4, -0.2) is 38.0 Å². The molecule has 2 amide bonds. The number of benzene rings is 4. The summed E-state index contributed by atoms with van der Waals surface area (Å²) in [5.41, 5.74) is 2.22. The van der Waals surface area contributed by atoms with E-state index in [4.69, 9.17) is 9.47 Å². The smallest absolute Gasteiger partial charge is 0.266 e. The molecule has 10 heteroatoms. The van der Waals surface area contributed by atoms with Gasteiger partial charge in [-0.1, -0.05) is 59.3 Å². The second-order valence-corrected chi connectivity index (χ2v) is 17.4. The fourth-order valence-electron chi connectivity index (χ4n) is 7.57. The largest absolute Gasteiger partial charge is 0.454 e. The van der Waals surface area contributed by atoms with Gasteiger partial charge in [0, 0.05) is 33.8 Å². The van der Waals surface area contributed by atoms with Gasteiger partial charge < -0.3 is 23.6 Å². The van der Waals surface area contributed by atoms with E-state index in [1.165, 1.54) is 0 Å². The molecule has 46 heavy (non-hydrogen) atoms. The SMILES string of the molecule is C[C@H]1[C@H]([Si](C)(C)F)[C@@H](CCO)O[C@]12C(=O)N(Cc1ccc(N3C(=O)c4ccccc4Oc4ccccc43)cc1)c1ccc(Br)cc12. The molecular formula is C36H34BrFN2O5Si. The molecule has 3 aliphatic rings. The van der Waals surface area contributed by atoms with E-state index >= 15 is 4.11 Å². The van der Waals surface area contributed by atoms with Crippen molar-refractivity contribution in [2.24, 2.45) is 5.92 Å². The number of aliphatic hydroxyl groups is 1. The maximum absolute atomic E-state index is 15.8. The van der Waals surface area contributed by atoms with Crippen LogP contribution < -0.4 is 14.5 Å². The summed E-state index contributed by atoms with van der Waals surface area (Å²) < 4.78 is 29.4. The molecule has 0 aliphatic carbocycles. The van der Waals surface area contributed by atoms with Crippen molar-refractivity contribution >= 4 is 53.2 Å². The Morgan fingerprint density at radius 3 is 2.35 bits per heavy atom. The van der Waals surface area contributed by atoms with Crippen LogP contribution in [0.5, 0.6) is 11.5 Å². The molecule has 1 spiro atoms. The number of amides is 2. The highest BCUT2D eigenvalue weighted by atomic mass is 79.9. The summed E-state index contributed by atoms with van der Waals surface area (Å²) in [5, 5.41) is 9.81. The van der Waals surface area contributed by atoms with Gasteiger partial charge >= 0.3 is 0 Å². The molecule has 0 saturated carbocycles. The van der Waals surface area contributed by atoms with Crippen molar-refractivity contribution < 1.29 is 28.3 Å². The lowest BCUT2D eigenvalue weighted by atomic mass is 9.82. The Balaban J connectivity index is 1.23. The van der Waals surface area contributed by atoms with E-state index in [1.807, 2.05) is 85.8 Å². The fraction of sp³-hybridized carbons (Fsp3) is 0.278. The molecule has 7 nitrogen and oxygen atoms in total. The number of rotatable bonds is 6. The van der Waals surface area contributed by atoms with E-state index < -0.39 is 31.6 Å². The quantitative estimate of drug-likeness (QED) is 0.162. The van der Waals surface area contributed by atoms with E-state index in [0.29, 0.717) is 34.0 Å². The second-order valence-electron chi connectivity index (χ2n) is 12.7. The average Bonchev–Trinajstić information content (AvgIpc) is 3.40. The molecule has 0 aromatic heterocycles. The normalized spacial score (nSPS) is 23.7. The van der Waals surface area contributed by atoms with Crippen LogP contribution in [0.15, 0.2) is 95.5 Å². The Morgan fingerprint density at radius 1 is 0.935 bits per heavy atom. The summed E-state index contributed by atoms with van der Waals surface area (Å²) in [7, 11) is -3.28. The molecule has 236 valence electrons. The van der Waals surface area contributed by atoms with Crippen molar-refractivity contribution in [3.05, 3.63) is 112 Å². The summed E-state index contributed by atoms with van der Waals surface area (Å²) in [4.78, 5) is 31.7. The highest BCUT2D eigenvalue weighted by Crippen LogP contribution is 2.60. The first-order valence-electron chi connectivity index (χ1n) is 15.4. The number of para-hydroxylation sites is 3. The molecule has 7 rings (SSSR count). The zero-order valence-electron chi connectivity index (χ0n) is 25.7. The Morgan fingerprint density at radius 2 is 1.63 bits per heavy atom. The summed E-state index contributed by atoms with van der Waals surface area (Å²) >= 11 is 3.57. The molecule has 3 heterocycles. The van der Waals surface area contributed by atoms with Crippen LogP contribution in [0.3, 0.4) is 0 Å². The van der Waals surface area contributed by atoms with Crippen molar-refractivity contribution in [3.8, 4) is 11.5 Å². The van der Waals surface area contributed by atoms with Crippen LogP contribution in [-0.2, 0) is 21.7 Å². The summed E-state index contributed by atoms with van der Waals surface area (Å²) in [6.45, 7) is 5.33. The number of anilines is 3. The third-order valence-corrected chi connectivity index (χ3v) is 12.5. The molecule has 4 aromatic rings. The number of carbonyl (C=O) groups excluding carboxylic acids is 2. The van der Waals surface area contributed by atoms with Gasteiger partial charge in [-0.3, -0.25) is 14.5 Å². The van der Waals surface area contributed by atoms with E-state index in [0.717, 1.165) is 15.7 Å². The molecule has 1 N–H and O–H groups in total. The summed E-state index contributed by atoms with van der Waals surface area (Å²) in [5.74, 6) is 0.206. The number of ether oxygens (including phenoxy) is 2. The maximum Gasteiger partial charge on any atom is 0.266 e. The highest BCUT2D eigenvalue weighted by molar-refractivity contribution is 9.10. The first kappa shape index (κ1) is 30.8. The lowest BCUT2D eigenvalue weighted by molar-refractivity contribution is -0.146. The van der Waals surface area contributed by atoms with Crippen LogP contribution in [0.4, 0.5) is 21.2 Å². The van der Waals surface area contributed by atoms with Gasteiger partial charge in [0.25, 0.3) is 11.8 Å². The molecule has 0 unspecified atom stereocenters. The Bertz CT molecular complexity index is 1850. The number of fused-ring (bicyclic) bond motifs is 4. The van der Waals surface area contributed by atoms with E-state index in [-0.39, 0.29) is 31.4 Å². The Hall–Kier alpha value is -3.83. The van der Waals surface area contributed by atoms with Crippen LogP contribution >= 0.6 is 15.9 Å². The Labute approximate surface area is 276 Å². The molecule has 0 bridgehead atoms. The zero-order chi connectivity index (χ0) is 32.4. The highest BCUT2D eigenvalue weighted by Gasteiger charge is 2.66. The van der Waals surface area contributed by atoms with Gasteiger partial charge in [-0.25, -0.2) is 0 Å². The van der Waals surface area contributed by atoms with Crippen LogP contribution in [0.25, 0.3) is 0 Å². The van der Waals surface area contributed by atoms with Crippen molar-refractivity contribution in [2.75, 3.05) is 16.4 Å². The average molecular weight is 702 g/mol. The van der Waals surface area contributed by atoms with Crippen molar-refractivity contribution in [2.45, 2.75) is 50.2 Å². The lowest BCUT2D eigenvalue weighted by Gasteiger charge is -2.31. The number of halogens is 2. The third kappa shape index (κ3) is 4.81. The molecule has 4 aromatic carbocycles. The van der Waals surface area contributed by atoms with Crippen LogP contribution in [0.1, 0.15) is 34.8 Å². The number of aliphatic hydroxyl groups excluding tert-OH is 1. The van der Waals surface area contributed by atoms with Crippen molar-refractivity contribution in [1.82, 2.24) is 0 Å². The standard InChI is InChI=1S/C36H34BrFN2O5Si/c1-22-33(46(2,3)38)32(18-19-41)45-36(22)27-20-24(37)14-17-28(27)39(35(36)43)21-23-12-15-25(16-13-23)40-29-9-5-7-11-31(29)44-30-10-6-4-8-26(30)34(40)42/h4-17,20,22,32-33,41H,18-19,21H2,1-3H3/t22-,32+,33-,36+/m0/s1. The zero-order valence-corrected chi connectivity index (χ0v) is 28.3. The van der Waals surface area contributed by atoms with Gasteiger partial charge in [-0.15, -0.1) is 0 Å². The Kier molecular flexibility index (Phi) is 7.67. The molecule has 3 aliphatic heterocycles. The summed E-state index contributed by atoms with van der Waals surface area (Å²) in [6.07, 6.45) is -0.298. The van der Waals surface area contributed by atoms with Crippen molar-refractivity contribution in [3.63, 3.8) is 0 Å². The van der Waals surface area contributed by atoms with Gasteiger partial charge in [-0.2, -0.15) is 0 Å². The first-order valence-corrected chi connectivity index (χ1v) is 19.2. The summed E-state index contributed by atoms with van der Waals surface area (Å²) in [6, 6.07) is 27.9. The molecule has 1 fully saturated rings. The van der Waals surface area contributed by atoms with Gasteiger partial charge in [-0.05, 0) is 79.7 Å². The number of nitrogens with zero attached hydrogens (tertiary/aromatic N) is 2. The number of carbonyl (C=O) groups is 2. The molecular weight excluding hydrogens is 667 g/mol. The van der Waals surface area contributed by atoms with Crippen LogP contribution in [0.2, 0.25) is 18.6 Å². The monoisotopic (exact) mass is 700 g/mol. The van der Waals surface area contributed by atoms with E-state index in [2.05, 4.69) is 15.9 Å². The molecule has 0 radical (unpaired) electrons. The number of hydrogen-bond acceptors (Lipinski definition) is 5. The molecule has 4 atom stereocenters. The lowest BCUT2D eigenvalue weighted by Crippen LogP contribution is -2.45. The van der Waals surface area contributed by atoms with Gasteiger partial charge in [0.15, 0.2) is 11.4 Å². The fourth-order valence-corrected chi connectivity index (χ4v) is 10.5. The number of hydrogen-bond donors (Lipinski definition) is 1. The van der Waals surface area contributed by atoms with Crippen molar-refractivity contribution in [1.29, 1.82) is 0 Å². The molecule has 1 saturated heterocycles. The predicted molar refractivity (Wildman–Crippen MR) is 181 cm³/mol. The minimum absolute atomic E-state index is 0.147. The third-order valence-electron chi connectivity index (χ3n) is 9.52. The topological polar surface area (TPSA) is 79.3 Å². The second kappa shape index (κ2) is 11.4. The van der Waals surface area contributed by atoms with Crippen LogP contribution in [0, 0.1) is 5.92 Å². The minimum Gasteiger partial charge on any atom is -0.454 e. The maximum atomic E-state index is 15.8. The van der Waals surface area contributed by atoms with E-state index in [1.54, 1.807) is 35.0 Å². The van der Waals surface area contributed by atoms with E-state index in [9.17, 15) is 14.7 Å². The first-order chi connectivity index (χ1) is 22.0.